The van der Waals surface area contributed by atoms with Gasteiger partial charge in [0.15, 0.2) is 11.5 Å². The Bertz CT molecular complexity index is 714. The number of rotatable bonds is 9. The first-order valence-corrected chi connectivity index (χ1v) is 9.74. The van der Waals surface area contributed by atoms with Gasteiger partial charge in [0, 0.05) is 51.4 Å². The van der Waals surface area contributed by atoms with Crippen LogP contribution >= 0.6 is 0 Å². The van der Waals surface area contributed by atoms with E-state index in [1.54, 1.807) is 7.11 Å². The molecule has 0 radical (unpaired) electrons. The molecule has 2 aromatic carbocycles. The second-order valence-electron chi connectivity index (χ2n) is 6.99. The molecule has 5 nitrogen and oxygen atoms in total. The maximum atomic E-state index is 6.16. The molecular formula is C22H31N3O2. The second-order valence-corrected chi connectivity index (χ2v) is 6.99. The lowest BCUT2D eigenvalue weighted by Crippen LogP contribution is -2.45. The monoisotopic (exact) mass is 369 g/mol. The molecule has 1 heterocycles. The van der Waals surface area contributed by atoms with Crippen LogP contribution in [0.15, 0.2) is 42.5 Å². The molecule has 27 heavy (non-hydrogen) atoms. The number of hydrogen-bond donors (Lipinski definition) is 2. The number of hydrogen-bond acceptors (Lipinski definition) is 5. The van der Waals surface area contributed by atoms with Gasteiger partial charge in [-0.05, 0) is 18.6 Å². The smallest absolute Gasteiger partial charge is 0.166 e. The molecule has 2 aromatic rings. The Balaban J connectivity index is 1.57. The number of nitrogens with one attached hydrogen (secondary N) is 2. The lowest BCUT2D eigenvalue weighted by Gasteiger charge is -2.27. The Hall–Kier alpha value is -2.08. The van der Waals surface area contributed by atoms with Gasteiger partial charge in [-0.2, -0.15) is 0 Å². The van der Waals surface area contributed by atoms with Crippen LogP contribution in [0.5, 0.6) is 11.5 Å². The van der Waals surface area contributed by atoms with E-state index in [2.05, 4.69) is 52.8 Å². The van der Waals surface area contributed by atoms with Crippen molar-refractivity contribution in [2.45, 2.75) is 20.1 Å². The molecule has 0 bridgehead atoms. The number of aryl methyl sites for hydroxylation is 1. The quantitative estimate of drug-likeness (QED) is 0.665. The summed E-state index contributed by atoms with van der Waals surface area (Å²) in [4.78, 5) is 2.49. The molecule has 0 unspecified atom stereocenters. The molecule has 146 valence electrons. The normalized spacial score (nSPS) is 14.9. The largest absolute Gasteiger partial charge is 0.493 e. The fourth-order valence-corrected chi connectivity index (χ4v) is 3.38. The third-order valence-electron chi connectivity index (χ3n) is 4.88. The maximum absolute atomic E-state index is 6.16. The Morgan fingerprint density at radius 1 is 1.11 bits per heavy atom. The SMILES string of the molecule is COc1cccc(CNCCN2CCNCC2)c1OCc1cccc(C)c1. The summed E-state index contributed by atoms with van der Waals surface area (Å²) in [5.74, 6) is 1.61. The lowest BCUT2D eigenvalue weighted by molar-refractivity contribution is 0.240. The fraction of sp³-hybridized carbons (Fsp3) is 0.455. The highest BCUT2D eigenvalue weighted by atomic mass is 16.5. The van der Waals surface area contributed by atoms with Crippen molar-refractivity contribution in [3.8, 4) is 11.5 Å². The van der Waals surface area contributed by atoms with Gasteiger partial charge in [0.2, 0.25) is 0 Å². The summed E-state index contributed by atoms with van der Waals surface area (Å²) in [7, 11) is 1.69. The molecule has 0 aromatic heterocycles. The van der Waals surface area contributed by atoms with E-state index >= 15 is 0 Å². The van der Waals surface area contributed by atoms with Crippen LogP contribution in [0.4, 0.5) is 0 Å². The Labute approximate surface area is 162 Å². The van der Waals surface area contributed by atoms with Crippen LogP contribution in [0.1, 0.15) is 16.7 Å². The van der Waals surface area contributed by atoms with Crippen LogP contribution in [0.25, 0.3) is 0 Å². The van der Waals surface area contributed by atoms with Crippen molar-refractivity contribution in [2.24, 2.45) is 0 Å². The minimum Gasteiger partial charge on any atom is -0.493 e. The highest BCUT2D eigenvalue weighted by Gasteiger charge is 2.12. The molecule has 0 atom stereocenters. The Kier molecular flexibility index (Phi) is 7.51. The lowest BCUT2D eigenvalue weighted by atomic mass is 10.1. The van der Waals surface area contributed by atoms with E-state index in [9.17, 15) is 0 Å². The zero-order chi connectivity index (χ0) is 18.9. The van der Waals surface area contributed by atoms with Crippen molar-refractivity contribution in [1.82, 2.24) is 15.5 Å². The Morgan fingerprint density at radius 3 is 2.70 bits per heavy atom. The predicted octanol–water partition coefficient (Wildman–Crippen LogP) is 2.58. The average molecular weight is 370 g/mol. The number of ether oxygens (including phenoxy) is 2. The van der Waals surface area contributed by atoms with Crippen LogP contribution < -0.4 is 20.1 Å². The van der Waals surface area contributed by atoms with Crippen molar-refractivity contribution in [3.05, 3.63) is 59.2 Å². The minimum absolute atomic E-state index is 0.538. The van der Waals surface area contributed by atoms with Crippen molar-refractivity contribution in [1.29, 1.82) is 0 Å². The molecule has 1 fully saturated rings. The predicted molar refractivity (Wildman–Crippen MR) is 110 cm³/mol. The van der Waals surface area contributed by atoms with E-state index < -0.39 is 0 Å². The molecule has 0 amide bonds. The van der Waals surface area contributed by atoms with Crippen molar-refractivity contribution < 1.29 is 9.47 Å². The van der Waals surface area contributed by atoms with Crippen LogP contribution in [0, 0.1) is 6.92 Å². The van der Waals surface area contributed by atoms with Crippen LogP contribution in [-0.4, -0.2) is 51.3 Å². The number of methoxy groups -OCH3 is 1. The molecule has 2 N–H and O–H groups in total. The van der Waals surface area contributed by atoms with Gasteiger partial charge in [0.1, 0.15) is 6.61 Å². The zero-order valence-corrected chi connectivity index (χ0v) is 16.5. The number of benzene rings is 2. The summed E-state index contributed by atoms with van der Waals surface area (Å²) in [6, 6.07) is 14.5. The molecule has 0 aliphatic carbocycles. The summed E-state index contributed by atoms with van der Waals surface area (Å²) in [6.07, 6.45) is 0. The second kappa shape index (κ2) is 10.3. The first-order valence-electron chi connectivity index (χ1n) is 9.74. The van der Waals surface area contributed by atoms with Gasteiger partial charge in [0.25, 0.3) is 0 Å². The third kappa shape index (κ3) is 5.96. The van der Waals surface area contributed by atoms with E-state index in [4.69, 9.17) is 9.47 Å². The van der Waals surface area contributed by atoms with E-state index in [1.165, 1.54) is 11.1 Å². The van der Waals surface area contributed by atoms with Gasteiger partial charge < -0.3 is 20.1 Å². The van der Waals surface area contributed by atoms with Crippen molar-refractivity contribution in [3.63, 3.8) is 0 Å². The standard InChI is InChI=1S/C22H31N3O2/c1-18-5-3-6-19(15-18)17-27-22-20(7-4-8-21(22)26-2)16-24-11-14-25-12-9-23-10-13-25/h3-8,15,23-24H,9-14,16-17H2,1-2H3. The number of para-hydroxylation sites is 1. The highest BCUT2D eigenvalue weighted by Crippen LogP contribution is 2.31. The molecule has 1 saturated heterocycles. The molecule has 5 heteroatoms. The molecule has 1 aliphatic rings. The summed E-state index contributed by atoms with van der Waals surface area (Å²) in [5, 5.41) is 6.94. The van der Waals surface area contributed by atoms with Crippen LogP contribution in [-0.2, 0) is 13.2 Å². The summed E-state index contributed by atoms with van der Waals surface area (Å²) < 4.78 is 11.7. The van der Waals surface area contributed by atoms with Gasteiger partial charge in [-0.1, -0.05) is 42.0 Å². The van der Waals surface area contributed by atoms with E-state index in [0.717, 1.165) is 62.9 Å². The summed E-state index contributed by atoms with van der Waals surface area (Å²) >= 11 is 0. The van der Waals surface area contributed by atoms with E-state index in [1.807, 2.05) is 12.1 Å². The molecule has 3 rings (SSSR count). The first-order chi connectivity index (χ1) is 13.3. The van der Waals surface area contributed by atoms with Gasteiger partial charge in [-0.15, -0.1) is 0 Å². The third-order valence-corrected chi connectivity index (χ3v) is 4.88. The van der Waals surface area contributed by atoms with Crippen molar-refractivity contribution in [2.75, 3.05) is 46.4 Å². The Morgan fingerprint density at radius 2 is 1.93 bits per heavy atom. The van der Waals surface area contributed by atoms with E-state index in [-0.39, 0.29) is 0 Å². The molecule has 1 aliphatic heterocycles. The molecular weight excluding hydrogens is 338 g/mol. The summed E-state index contributed by atoms with van der Waals surface area (Å²) in [6.45, 7) is 9.89. The van der Waals surface area contributed by atoms with E-state index in [0.29, 0.717) is 6.61 Å². The number of nitrogens with zero attached hydrogens (tertiary/aromatic N) is 1. The first kappa shape index (κ1) is 19.7. The zero-order valence-electron chi connectivity index (χ0n) is 16.5. The summed E-state index contributed by atoms with van der Waals surface area (Å²) in [5.41, 5.74) is 3.53. The topological polar surface area (TPSA) is 45.8 Å². The van der Waals surface area contributed by atoms with Crippen LogP contribution in [0.2, 0.25) is 0 Å². The van der Waals surface area contributed by atoms with Crippen LogP contribution in [0.3, 0.4) is 0 Å². The van der Waals surface area contributed by atoms with Gasteiger partial charge in [-0.25, -0.2) is 0 Å². The van der Waals surface area contributed by atoms with Gasteiger partial charge in [-0.3, -0.25) is 4.90 Å². The van der Waals surface area contributed by atoms with Gasteiger partial charge >= 0.3 is 0 Å². The minimum atomic E-state index is 0.538. The highest BCUT2D eigenvalue weighted by molar-refractivity contribution is 5.46. The molecule has 0 spiro atoms. The average Bonchev–Trinajstić information content (AvgIpc) is 2.70. The molecule has 0 saturated carbocycles. The fourth-order valence-electron chi connectivity index (χ4n) is 3.38. The maximum Gasteiger partial charge on any atom is 0.166 e. The van der Waals surface area contributed by atoms with Crippen molar-refractivity contribution >= 4 is 0 Å². The number of piperazine rings is 1. The van der Waals surface area contributed by atoms with Gasteiger partial charge in [0.05, 0.1) is 7.11 Å².